The molecule has 1 aliphatic rings. The Hall–Kier alpha value is -0.290. The first-order valence-corrected chi connectivity index (χ1v) is 5.54. The van der Waals surface area contributed by atoms with E-state index in [0.29, 0.717) is 0 Å². The molecule has 0 saturated carbocycles. The second kappa shape index (κ2) is 4.28. The van der Waals surface area contributed by atoms with Crippen LogP contribution in [0.25, 0.3) is 0 Å². The van der Waals surface area contributed by atoms with E-state index < -0.39 is 7.75 Å². The van der Waals surface area contributed by atoms with Crippen molar-refractivity contribution in [3.63, 3.8) is 0 Å². The van der Waals surface area contributed by atoms with Crippen LogP contribution in [0.3, 0.4) is 0 Å². The summed E-state index contributed by atoms with van der Waals surface area (Å²) in [6, 6.07) is 0. The average molecular weight is 209 g/mol. The molecule has 0 amide bonds. The summed E-state index contributed by atoms with van der Waals surface area (Å²) in [6.07, 6.45) is 1.63. The van der Waals surface area contributed by atoms with E-state index in [4.69, 9.17) is 9.63 Å². The predicted molar refractivity (Wildman–Crippen MR) is 45.1 cm³/mol. The lowest BCUT2D eigenvalue weighted by atomic mass is 10.2. The Morgan fingerprint density at radius 3 is 2.85 bits per heavy atom. The van der Waals surface area contributed by atoms with Crippen molar-refractivity contribution in [1.82, 2.24) is 0 Å². The third-order valence-electron chi connectivity index (χ3n) is 1.85. The first kappa shape index (κ1) is 10.8. The van der Waals surface area contributed by atoms with E-state index in [-0.39, 0.29) is 18.8 Å². The van der Waals surface area contributed by atoms with Gasteiger partial charge < -0.3 is 9.63 Å². The highest BCUT2D eigenvalue weighted by atomic mass is 31.2. The van der Waals surface area contributed by atoms with Crippen LogP contribution in [-0.2, 0) is 13.8 Å². The van der Waals surface area contributed by atoms with Gasteiger partial charge in [0.2, 0.25) is 0 Å². The van der Waals surface area contributed by atoms with Crippen molar-refractivity contribution in [2.75, 3.05) is 6.61 Å². The molecule has 76 valence electrons. The number of ether oxygens (including phenoxy) is 1. The zero-order chi connectivity index (χ0) is 9.90. The largest absolute Gasteiger partial charge is 0.487 e. The minimum atomic E-state index is -4.26. The number of hydrogen-bond donors (Lipinski definition) is 1. The molecule has 0 aliphatic carbocycles. The van der Waals surface area contributed by atoms with E-state index in [1.165, 1.54) is 0 Å². The van der Waals surface area contributed by atoms with Crippen LogP contribution in [0.2, 0.25) is 0 Å². The first-order chi connectivity index (χ1) is 6.03. The molecule has 0 bridgehead atoms. The molecule has 0 aromatic carbocycles. The molecule has 1 heterocycles. The van der Waals surface area contributed by atoms with E-state index in [1.807, 2.05) is 11.9 Å². The van der Waals surface area contributed by atoms with Crippen molar-refractivity contribution in [3.8, 4) is 0 Å². The lowest BCUT2D eigenvalue weighted by Crippen LogP contribution is -2.14. The lowest BCUT2D eigenvalue weighted by Gasteiger charge is -2.11. The molecule has 7 heteroatoms. The van der Waals surface area contributed by atoms with Crippen LogP contribution in [0.5, 0.6) is 0 Å². The highest BCUT2D eigenvalue weighted by Crippen LogP contribution is 2.43. The van der Waals surface area contributed by atoms with Gasteiger partial charge >= 0.3 is 7.75 Å². The Bertz CT molecular complexity index is 233. The summed E-state index contributed by atoms with van der Waals surface area (Å²) < 4.78 is 20.3. The maximum absolute atomic E-state index is 10.6. The van der Waals surface area contributed by atoms with Crippen LogP contribution < -0.4 is 0 Å². The molecule has 1 N–H and O–H groups in total. The fourth-order valence-electron chi connectivity index (χ4n) is 1.21. The van der Waals surface area contributed by atoms with Gasteiger partial charge in [-0.2, -0.15) is 0 Å². The second-order valence-electron chi connectivity index (χ2n) is 3.01. The number of nitrogens with zero attached hydrogens (tertiary/aromatic N) is 1. The van der Waals surface area contributed by atoms with Gasteiger partial charge in [0, 0.05) is 4.95 Å². The Kier molecular flexibility index (Phi) is 3.55. The summed E-state index contributed by atoms with van der Waals surface area (Å²) in [5.74, 6) is 0. The van der Waals surface area contributed by atoms with Crippen LogP contribution in [0.15, 0.2) is 4.95 Å². The van der Waals surface area contributed by atoms with Crippen molar-refractivity contribution in [2.24, 2.45) is 4.95 Å². The molecule has 0 spiro atoms. The van der Waals surface area contributed by atoms with E-state index >= 15 is 0 Å². The van der Waals surface area contributed by atoms with Crippen LogP contribution in [0, 0.1) is 4.91 Å². The van der Waals surface area contributed by atoms with Crippen LogP contribution in [0.4, 0.5) is 0 Å². The molecular formula is C6H12NO5P. The van der Waals surface area contributed by atoms with Gasteiger partial charge in [-0.25, -0.2) is 4.57 Å². The summed E-state index contributed by atoms with van der Waals surface area (Å²) >= 11 is 0. The maximum Gasteiger partial charge on any atom is 0.487 e. The summed E-state index contributed by atoms with van der Waals surface area (Å²) in [5.41, 5.74) is 0. The molecule has 0 radical (unpaired) electrons. The molecule has 13 heavy (non-hydrogen) atoms. The molecule has 3 unspecified atom stereocenters. The van der Waals surface area contributed by atoms with Crippen molar-refractivity contribution in [1.29, 1.82) is 0 Å². The average Bonchev–Trinajstić information content (AvgIpc) is 2.48. The maximum atomic E-state index is 10.6. The number of rotatable bonds is 4. The van der Waals surface area contributed by atoms with Gasteiger partial charge in [0.25, 0.3) is 0 Å². The summed E-state index contributed by atoms with van der Waals surface area (Å²) in [7, 11) is -4.26. The first-order valence-electron chi connectivity index (χ1n) is 4.01. The van der Waals surface area contributed by atoms with Gasteiger partial charge in [-0.3, -0.25) is 4.52 Å². The molecule has 3 atom stereocenters. The molecule has 1 fully saturated rings. The van der Waals surface area contributed by atoms with E-state index in [9.17, 15) is 9.47 Å². The quantitative estimate of drug-likeness (QED) is 0.559. The van der Waals surface area contributed by atoms with Gasteiger partial charge in [0.1, 0.15) is 0 Å². The van der Waals surface area contributed by atoms with Gasteiger partial charge in [0.05, 0.1) is 18.8 Å². The van der Waals surface area contributed by atoms with Crippen LogP contribution in [0.1, 0.15) is 19.8 Å². The standard InChI is InChI=1S/C6H12NO5P/c1-5-2-3-6(12-5)4-11-13(9,10)7-8/h5-6H,2-4H2,1H3,(H,9,10). The predicted octanol–water partition coefficient (Wildman–Crippen LogP) is 1.44. The van der Waals surface area contributed by atoms with E-state index in [2.05, 4.69) is 4.52 Å². The molecular weight excluding hydrogens is 197 g/mol. The number of nitroso groups, excluding NO2 is 1. The van der Waals surface area contributed by atoms with Gasteiger partial charge in [0.15, 0.2) is 0 Å². The summed E-state index contributed by atoms with van der Waals surface area (Å²) in [4.78, 5) is 20.4. The Morgan fingerprint density at radius 1 is 1.69 bits per heavy atom. The van der Waals surface area contributed by atoms with Crippen molar-refractivity contribution < 1.29 is 18.7 Å². The third kappa shape index (κ3) is 3.52. The summed E-state index contributed by atoms with van der Waals surface area (Å²) in [5, 5.41) is 0. The minimum absolute atomic E-state index is 0.0517. The normalized spacial score (nSPS) is 32.8. The highest BCUT2D eigenvalue weighted by Gasteiger charge is 2.27. The fourth-order valence-corrected chi connectivity index (χ4v) is 1.62. The van der Waals surface area contributed by atoms with Gasteiger partial charge in [-0.1, -0.05) is 0 Å². The zero-order valence-electron chi connectivity index (χ0n) is 7.25. The van der Waals surface area contributed by atoms with Crippen molar-refractivity contribution >= 4 is 7.75 Å². The zero-order valence-corrected chi connectivity index (χ0v) is 8.15. The highest BCUT2D eigenvalue weighted by molar-refractivity contribution is 7.51. The van der Waals surface area contributed by atoms with Crippen molar-refractivity contribution in [2.45, 2.75) is 32.0 Å². The smallest absolute Gasteiger partial charge is 0.373 e. The third-order valence-corrected chi connectivity index (χ3v) is 2.54. The fraction of sp³-hybridized carbons (Fsp3) is 1.00. The Labute approximate surface area is 75.8 Å². The van der Waals surface area contributed by atoms with Gasteiger partial charge in [-0.05, 0) is 19.8 Å². The van der Waals surface area contributed by atoms with E-state index in [0.717, 1.165) is 12.8 Å². The molecule has 6 nitrogen and oxygen atoms in total. The molecule has 0 aromatic heterocycles. The molecule has 1 rings (SSSR count). The Morgan fingerprint density at radius 2 is 2.38 bits per heavy atom. The van der Waals surface area contributed by atoms with Crippen LogP contribution >= 0.6 is 7.75 Å². The topological polar surface area (TPSA) is 85.2 Å². The van der Waals surface area contributed by atoms with Crippen LogP contribution in [-0.4, -0.2) is 23.7 Å². The summed E-state index contributed by atoms with van der Waals surface area (Å²) in [6.45, 7) is 1.86. The van der Waals surface area contributed by atoms with E-state index in [1.54, 1.807) is 0 Å². The Balaban J connectivity index is 2.27. The molecule has 0 aromatic rings. The van der Waals surface area contributed by atoms with Gasteiger partial charge in [-0.15, -0.1) is 4.91 Å². The lowest BCUT2D eigenvalue weighted by molar-refractivity contribution is 0.0237. The number of hydrogen-bond acceptors (Lipinski definition) is 4. The monoisotopic (exact) mass is 209 g/mol. The molecule has 1 aliphatic heterocycles. The second-order valence-corrected chi connectivity index (χ2v) is 4.42. The SMILES string of the molecule is CC1CCC(COP(=O)(O)N=O)O1. The minimum Gasteiger partial charge on any atom is -0.373 e. The van der Waals surface area contributed by atoms with Crippen molar-refractivity contribution in [3.05, 3.63) is 4.91 Å². The molecule has 1 saturated heterocycles.